The van der Waals surface area contributed by atoms with Crippen LogP contribution < -0.4 is 5.32 Å². The van der Waals surface area contributed by atoms with Crippen LogP contribution >= 0.6 is 0 Å². The average molecular weight is 291 g/mol. The first-order valence-corrected chi connectivity index (χ1v) is 7.54. The van der Waals surface area contributed by atoms with Crippen molar-refractivity contribution in [2.45, 2.75) is 46.6 Å². The van der Waals surface area contributed by atoms with E-state index in [1.54, 1.807) is 11.0 Å². The highest BCUT2D eigenvalue weighted by Crippen LogP contribution is 2.08. The largest absolute Gasteiger partial charge is 0.350 e. The molecule has 1 heterocycles. The van der Waals surface area contributed by atoms with Crippen molar-refractivity contribution in [3.8, 4) is 0 Å². The van der Waals surface area contributed by atoms with E-state index in [0.717, 1.165) is 25.9 Å². The Hall–Kier alpha value is -1.91. The van der Waals surface area contributed by atoms with Crippen molar-refractivity contribution in [2.75, 3.05) is 13.1 Å². The van der Waals surface area contributed by atoms with Gasteiger partial charge in [-0.25, -0.2) is 0 Å². The Morgan fingerprint density at radius 1 is 1.14 bits per heavy atom. The topological polar surface area (TPSA) is 62.3 Å². The van der Waals surface area contributed by atoms with Crippen LogP contribution in [0.25, 0.3) is 0 Å². The van der Waals surface area contributed by atoms with E-state index >= 15 is 0 Å². The number of amides is 2. The lowest BCUT2D eigenvalue weighted by molar-refractivity contribution is 0.0755. The summed E-state index contributed by atoms with van der Waals surface area (Å²) in [5.74, 6) is -0.268. The number of hydrogen-bond acceptors (Lipinski definition) is 3. The quantitative estimate of drug-likeness (QED) is 0.839. The second kappa shape index (κ2) is 8.39. The number of pyridine rings is 1. The summed E-state index contributed by atoms with van der Waals surface area (Å²) >= 11 is 0. The van der Waals surface area contributed by atoms with Crippen LogP contribution in [0.1, 0.15) is 61.3 Å². The number of nitrogens with zero attached hydrogens (tertiary/aromatic N) is 2. The van der Waals surface area contributed by atoms with E-state index in [2.05, 4.69) is 10.3 Å². The number of carbonyl (C=O) groups excluding carboxylic acids is 2. The monoisotopic (exact) mass is 291 g/mol. The minimum Gasteiger partial charge on any atom is -0.350 e. The van der Waals surface area contributed by atoms with Gasteiger partial charge in [0.05, 0.1) is 11.1 Å². The fourth-order valence-electron chi connectivity index (χ4n) is 2.06. The Bertz CT molecular complexity index is 480. The number of rotatable bonds is 7. The molecule has 0 saturated carbocycles. The molecule has 0 aliphatic rings. The van der Waals surface area contributed by atoms with Gasteiger partial charge in [0, 0.05) is 31.5 Å². The van der Waals surface area contributed by atoms with Crippen molar-refractivity contribution < 1.29 is 9.59 Å². The Labute approximate surface area is 126 Å². The molecule has 1 aromatic rings. The molecule has 0 bridgehead atoms. The molecule has 0 unspecified atom stereocenters. The zero-order chi connectivity index (χ0) is 15.8. The third-order valence-corrected chi connectivity index (χ3v) is 2.94. The van der Waals surface area contributed by atoms with E-state index in [4.69, 9.17) is 0 Å². The van der Waals surface area contributed by atoms with Crippen molar-refractivity contribution >= 4 is 11.8 Å². The van der Waals surface area contributed by atoms with Gasteiger partial charge < -0.3 is 10.2 Å². The summed E-state index contributed by atoms with van der Waals surface area (Å²) < 4.78 is 0. The van der Waals surface area contributed by atoms with E-state index < -0.39 is 0 Å². The smallest absolute Gasteiger partial charge is 0.255 e. The minimum atomic E-state index is -0.204. The second-order valence-corrected chi connectivity index (χ2v) is 5.38. The first-order chi connectivity index (χ1) is 9.99. The van der Waals surface area contributed by atoms with Gasteiger partial charge >= 0.3 is 0 Å². The zero-order valence-corrected chi connectivity index (χ0v) is 13.3. The zero-order valence-electron chi connectivity index (χ0n) is 13.3. The Kier molecular flexibility index (Phi) is 6.85. The number of aromatic nitrogens is 1. The van der Waals surface area contributed by atoms with E-state index in [9.17, 15) is 9.59 Å². The summed E-state index contributed by atoms with van der Waals surface area (Å²) in [5.41, 5.74) is 0.885. The van der Waals surface area contributed by atoms with Gasteiger partial charge in [-0.3, -0.25) is 14.6 Å². The van der Waals surface area contributed by atoms with Gasteiger partial charge in [0.2, 0.25) is 0 Å². The predicted octanol–water partition coefficient (Wildman–Crippen LogP) is 2.48. The lowest BCUT2D eigenvalue weighted by Crippen LogP contribution is -2.33. The molecule has 0 spiro atoms. The maximum absolute atomic E-state index is 12.5. The fourth-order valence-corrected chi connectivity index (χ4v) is 2.06. The van der Waals surface area contributed by atoms with Crippen LogP contribution in [0.3, 0.4) is 0 Å². The van der Waals surface area contributed by atoms with E-state index in [1.807, 2.05) is 27.7 Å². The van der Waals surface area contributed by atoms with Crippen molar-refractivity contribution in [1.82, 2.24) is 15.2 Å². The molecule has 1 N–H and O–H groups in total. The van der Waals surface area contributed by atoms with E-state index in [-0.39, 0.29) is 17.9 Å². The second-order valence-electron chi connectivity index (χ2n) is 5.38. The number of hydrogen-bond donors (Lipinski definition) is 1. The molecular weight excluding hydrogens is 266 g/mol. The maximum atomic E-state index is 12.5. The fraction of sp³-hybridized carbons (Fsp3) is 0.562. The molecule has 0 radical (unpaired) electrons. The number of carbonyl (C=O) groups is 2. The van der Waals surface area contributed by atoms with Crippen molar-refractivity contribution in [3.05, 3.63) is 29.6 Å². The van der Waals surface area contributed by atoms with Gasteiger partial charge in [0.25, 0.3) is 11.8 Å². The molecule has 116 valence electrons. The Morgan fingerprint density at radius 2 is 1.71 bits per heavy atom. The molecule has 2 amide bonds. The van der Waals surface area contributed by atoms with Gasteiger partial charge in [-0.05, 0) is 32.8 Å². The van der Waals surface area contributed by atoms with E-state index in [0.29, 0.717) is 11.1 Å². The van der Waals surface area contributed by atoms with Crippen LogP contribution in [0.5, 0.6) is 0 Å². The molecule has 5 nitrogen and oxygen atoms in total. The molecule has 0 aliphatic heterocycles. The van der Waals surface area contributed by atoms with Crippen molar-refractivity contribution in [1.29, 1.82) is 0 Å². The minimum absolute atomic E-state index is 0.0496. The molecule has 21 heavy (non-hydrogen) atoms. The first-order valence-electron chi connectivity index (χ1n) is 7.54. The summed E-state index contributed by atoms with van der Waals surface area (Å²) in [4.78, 5) is 30.3. The summed E-state index contributed by atoms with van der Waals surface area (Å²) in [6.45, 7) is 9.31. The van der Waals surface area contributed by atoms with Crippen molar-refractivity contribution in [3.63, 3.8) is 0 Å². The van der Waals surface area contributed by atoms with Crippen LogP contribution in [-0.2, 0) is 0 Å². The normalized spacial score (nSPS) is 10.5. The molecule has 0 atom stereocenters. The van der Waals surface area contributed by atoms with Gasteiger partial charge in [-0.15, -0.1) is 0 Å². The third-order valence-electron chi connectivity index (χ3n) is 2.94. The van der Waals surface area contributed by atoms with Crippen LogP contribution in [0.15, 0.2) is 18.5 Å². The Morgan fingerprint density at radius 3 is 2.24 bits per heavy atom. The molecule has 0 saturated heterocycles. The summed E-state index contributed by atoms with van der Waals surface area (Å²) in [7, 11) is 0. The average Bonchev–Trinajstić information content (AvgIpc) is 2.45. The molecule has 0 aliphatic carbocycles. The Balaban J connectivity index is 2.92. The van der Waals surface area contributed by atoms with Gasteiger partial charge in [-0.2, -0.15) is 0 Å². The molecule has 1 rings (SSSR count). The molecule has 1 aromatic heterocycles. The lowest BCUT2D eigenvalue weighted by Gasteiger charge is -2.21. The van der Waals surface area contributed by atoms with Gasteiger partial charge in [-0.1, -0.05) is 13.8 Å². The molecule has 5 heteroatoms. The van der Waals surface area contributed by atoms with E-state index in [1.165, 1.54) is 12.4 Å². The first kappa shape index (κ1) is 17.1. The molecule has 0 aromatic carbocycles. The van der Waals surface area contributed by atoms with Crippen LogP contribution in [-0.4, -0.2) is 40.8 Å². The number of nitrogens with one attached hydrogen (secondary N) is 1. The van der Waals surface area contributed by atoms with Crippen LogP contribution in [0.2, 0.25) is 0 Å². The highest BCUT2D eigenvalue weighted by molar-refractivity contribution is 5.99. The summed E-state index contributed by atoms with van der Waals surface area (Å²) in [6.07, 6.45) is 4.82. The van der Waals surface area contributed by atoms with Crippen LogP contribution in [0, 0.1) is 0 Å². The van der Waals surface area contributed by atoms with Gasteiger partial charge in [0.1, 0.15) is 0 Å². The maximum Gasteiger partial charge on any atom is 0.255 e. The molecular formula is C16H25N3O2. The standard InChI is InChI=1S/C16H25N3O2/c1-5-7-19(8-6-2)16(21)14-9-13(10-17-11-14)15(20)18-12(3)4/h9-12H,5-8H2,1-4H3,(H,18,20). The molecule has 0 fully saturated rings. The summed E-state index contributed by atoms with van der Waals surface area (Å²) in [5, 5.41) is 2.80. The van der Waals surface area contributed by atoms with Crippen LogP contribution in [0.4, 0.5) is 0 Å². The highest BCUT2D eigenvalue weighted by atomic mass is 16.2. The summed E-state index contributed by atoms with van der Waals surface area (Å²) in [6, 6.07) is 1.67. The highest BCUT2D eigenvalue weighted by Gasteiger charge is 2.16. The van der Waals surface area contributed by atoms with Crippen molar-refractivity contribution in [2.24, 2.45) is 0 Å². The third kappa shape index (κ3) is 5.17. The van der Waals surface area contributed by atoms with Gasteiger partial charge in [0.15, 0.2) is 0 Å². The lowest BCUT2D eigenvalue weighted by atomic mass is 10.1. The SMILES string of the molecule is CCCN(CCC)C(=O)c1cncc(C(=O)NC(C)C)c1. The predicted molar refractivity (Wildman–Crippen MR) is 83.3 cm³/mol.